The van der Waals surface area contributed by atoms with Crippen LogP contribution in [-0.4, -0.2) is 53.7 Å². The van der Waals surface area contributed by atoms with Crippen molar-refractivity contribution in [1.82, 2.24) is 10.2 Å². The molecule has 2 amide bonds. The quantitative estimate of drug-likeness (QED) is 0.638. The maximum absolute atomic E-state index is 12.7. The van der Waals surface area contributed by atoms with Crippen molar-refractivity contribution in [3.05, 3.63) is 59.7 Å². The van der Waals surface area contributed by atoms with E-state index in [-0.39, 0.29) is 36.3 Å². The molecule has 0 bridgehead atoms. The number of ether oxygens (including phenoxy) is 1. The van der Waals surface area contributed by atoms with Gasteiger partial charge in [-0.05, 0) is 47.9 Å². The van der Waals surface area contributed by atoms with Crippen LogP contribution in [0.2, 0.25) is 0 Å². The Kier molecular flexibility index (Phi) is 7.20. The lowest BCUT2D eigenvalue weighted by molar-refractivity contribution is -0.147. The molecule has 4 rings (SSSR count). The molecule has 180 valence electrons. The number of alkyl carbamates (subject to hydrolysis) is 1. The van der Waals surface area contributed by atoms with E-state index in [9.17, 15) is 19.5 Å². The largest absolute Gasteiger partial charge is 0.481 e. The first-order valence-electron chi connectivity index (χ1n) is 12.0. The molecule has 0 aromatic heterocycles. The maximum atomic E-state index is 12.7. The number of fused-ring (bicyclic) bond motifs is 3. The van der Waals surface area contributed by atoms with Gasteiger partial charge >= 0.3 is 12.1 Å². The summed E-state index contributed by atoms with van der Waals surface area (Å²) in [6.07, 6.45) is 0.772. The summed E-state index contributed by atoms with van der Waals surface area (Å²) >= 11 is 0. The van der Waals surface area contributed by atoms with Crippen LogP contribution in [0.5, 0.6) is 0 Å². The van der Waals surface area contributed by atoms with E-state index in [1.165, 1.54) is 11.1 Å². The minimum Gasteiger partial charge on any atom is -0.481 e. The second-order valence-electron chi connectivity index (χ2n) is 9.51. The lowest BCUT2D eigenvalue weighted by atomic mass is 9.91. The number of carbonyl (C=O) groups excluding carboxylic acids is 2. The molecule has 0 radical (unpaired) electrons. The highest BCUT2D eigenvalue weighted by molar-refractivity contribution is 5.79. The Morgan fingerprint density at radius 1 is 1.09 bits per heavy atom. The van der Waals surface area contributed by atoms with Crippen LogP contribution in [0.15, 0.2) is 48.5 Å². The van der Waals surface area contributed by atoms with E-state index in [1.807, 2.05) is 38.1 Å². The monoisotopic (exact) mass is 464 g/mol. The number of nitrogens with zero attached hydrogens (tertiary/aromatic N) is 1. The van der Waals surface area contributed by atoms with Gasteiger partial charge in [0.1, 0.15) is 6.61 Å². The van der Waals surface area contributed by atoms with Crippen LogP contribution in [-0.2, 0) is 14.3 Å². The topological polar surface area (TPSA) is 95.9 Å². The number of carboxylic acid groups (broad SMARTS) is 1. The van der Waals surface area contributed by atoms with Gasteiger partial charge < -0.3 is 20.1 Å². The molecule has 1 aliphatic heterocycles. The number of rotatable bonds is 7. The summed E-state index contributed by atoms with van der Waals surface area (Å²) in [5, 5.41) is 12.0. The predicted octanol–water partition coefficient (Wildman–Crippen LogP) is 4.26. The van der Waals surface area contributed by atoms with Gasteiger partial charge in [0, 0.05) is 31.5 Å². The third-order valence-electron chi connectivity index (χ3n) is 7.01. The van der Waals surface area contributed by atoms with E-state index >= 15 is 0 Å². The highest BCUT2D eigenvalue weighted by Crippen LogP contribution is 2.44. The van der Waals surface area contributed by atoms with E-state index in [0.717, 1.165) is 11.1 Å². The van der Waals surface area contributed by atoms with Gasteiger partial charge in [0.05, 0.1) is 5.92 Å². The molecule has 0 saturated carbocycles. The molecule has 1 unspecified atom stereocenters. The van der Waals surface area contributed by atoms with Crippen molar-refractivity contribution in [3.63, 3.8) is 0 Å². The average Bonchev–Trinajstić information content (AvgIpc) is 3.15. The smallest absolute Gasteiger partial charge is 0.407 e. The van der Waals surface area contributed by atoms with Crippen molar-refractivity contribution in [2.45, 2.75) is 45.1 Å². The average molecular weight is 465 g/mol. The van der Waals surface area contributed by atoms with Crippen molar-refractivity contribution >= 4 is 18.0 Å². The van der Waals surface area contributed by atoms with Crippen molar-refractivity contribution in [2.24, 2.45) is 11.8 Å². The number of piperidine rings is 1. The summed E-state index contributed by atoms with van der Waals surface area (Å²) in [5.41, 5.74) is 4.69. The Morgan fingerprint density at radius 3 is 2.29 bits per heavy atom. The maximum Gasteiger partial charge on any atom is 0.407 e. The number of hydrogen-bond donors (Lipinski definition) is 2. The van der Waals surface area contributed by atoms with Gasteiger partial charge in [-0.25, -0.2) is 4.79 Å². The molecule has 2 aromatic carbocycles. The number of aliphatic carboxylic acids is 1. The first kappa shape index (κ1) is 23.8. The number of carboxylic acids is 1. The number of hydrogen-bond acceptors (Lipinski definition) is 4. The van der Waals surface area contributed by atoms with E-state index in [2.05, 4.69) is 29.6 Å². The van der Waals surface area contributed by atoms with Crippen LogP contribution in [0, 0.1) is 11.8 Å². The Bertz CT molecular complexity index is 1020. The first-order chi connectivity index (χ1) is 16.3. The Morgan fingerprint density at radius 2 is 1.71 bits per heavy atom. The Balaban J connectivity index is 1.24. The van der Waals surface area contributed by atoms with Crippen LogP contribution in [0.25, 0.3) is 11.1 Å². The van der Waals surface area contributed by atoms with Crippen LogP contribution in [0.1, 0.15) is 50.2 Å². The molecule has 7 heteroatoms. The van der Waals surface area contributed by atoms with Gasteiger partial charge in [0.25, 0.3) is 0 Å². The fourth-order valence-electron chi connectivity index (χ4n) is 5.16. The summed E-state index contributed by atoms with van der Waals surface area (Å²) in [6.45, 7) is 4.86. The summed E-state index contributed by atoms with van der Waals surface area (Å²) < 4.78 is 5.56. The zero-order chi connectivity index (χ0) is 24.2. The van der Waals surface area contributed by atoms with Gasteiger partial charge in [-0.2, -0.15) is 0 Å². The standard InChI is InChI=1S/C27H32N2O5/c1-17(13-25(30)29-12-11-19(26(31)32)14-18(29)2)15-28-27(33)34-16-24-22-9-5-3-7-20(22)21-8-4-6-10-23(21)24/h3-10,17-19,24H,11-16H2,1-2H3,(H,28,33)(H,31,32)/t17?,18-,19-/m1/s1. The van der Waals surface area contributed by atoms with Crippen molar-refractivity contribution < 1.29 is 24.2 Å². The molecule has 1 saturated heterocycles. The molecule has 1 heterocycles. The van der Waals surface area contributed by atoms with Gasteiger partial charge in [0.2, 0.25) is 5.91 Å². The molecule has 2 N–H and O–H groups in total. The Hall–Kier alpha value is -3.35. The highest BCUT2D eigenvalue weighted by atomic mass is 16.5. The van der Waals surface area contributed by atoms with Crippen LogP contribution >= 0.6 is 0 Å². The van der Waals surface area contributed by atoms with Gasteiger partial charge in [-0.3, -0.25) is 9.59 Å². The number of amides is 2. The van der Waals surface area contributed by atoms with Crippen LogP contribution < -0.4 is 5.32 Å². The molecule has 1 aliphatic carbocycles. The van der Waals surface area contributed by atoms with E-state index in [4.69, 9.17) is 4.74 Å². The van der Waals surface area contributed by atoms with Gasteiger partial charge in [0.15, 0.2) is 0 Å². The minimum absolute atomic E-state index is 0.00169. The lowest BCUT2D eigenvalue weighted by Crippen LogP contribution is -2.46. The summed E-state index contributed by atoms with van der Waals surface area (Å²) in [4.78, 5) is 38.1. The third kappa shape index (κ3) is 5.08. The van der Waals surface area contributed by atoms with E-state index in [1.54, 1.807) is 4.90 Å². The van der Waals surface area contributed by atoms with Gasteiger partial charge in [-0.1, -0.05) is 55.5 Å². The second-order valence-corrected chi connectivity index (χ2v) is 9.51. The second kappa shape index (κ2) is 10.3. The SMILES string of the molecule is CC(CNC(=O)OCC1c2ccccc2-c2ccccc21)CC(=O)N1CC[C@@H](C(=O)O)C[C@H]1C. The van der Waals surface area contributed by atoms with Gasteiger partial charge in [-0.15, -0.1) is 0 Å². The Labute approximate surface area is 200 Å². The molecule has 3 atom stereocenters. The number of carbonyl (C=O) groups is 3. The van der Waals surface area contributed by atoms with Crippen molar-refractivity contribution in [2.75, 3.05) is 19.7 Å². The summed E-state index contributed by atoms with van der Waals surface area (Å²) in [5.74, 6) is -1.23. The molecular weight excluding hydrogens is 432 g/mol. The predicted molar refractivity (Wildman–Crippen MR) is 128 cm³/mol. The molecule has 2 aromatic rings. The molecule has 0 spiro atoms. The van der Waals surface area contributed by atoms with Crippen LogP contribution in [0.4, 0.5) is 4.79 Å². The van der Waals surface area contributed by atoms with E-state index in [0.29, 0.717) is 32.4 Å². The first-order valence-corrected chi connectivity index (χ1v) is 12.0. The third-order valence-corrected chi connectivity index (χ3v) is 7.01. The number of likely N-dealkylation sites (tertiary alicyclic amines) is 1. The number of nitrogens with one attached hydrogen (secondary N) is 1. The lowest BCUT2D eigenvalue weighted by Gasteiger charge is -2.36. The zero-order valence-electron chi connectivity index (χ0n) is 19.7. The van der Waals surface area contributed by atoms with E-state index < -0.39 is 12.1 Å². The fraction of sp³-hybridized carbons (Fsp3) is 0.444. The minimum atomic E-state index is -0.792. The van der Waals surface area contributed by atoms with Crippen molar-refractivity contribution in [3.8, 4) is 11.1 Å². The fourth-order valence-corrected chi connectivity index (χ4v) is 5.16. The zero-order valence-corrected chi connectivity index (χ0v) is 19.7. The molecule has 1 fully saturated rings. The summed E-state index contributed by atoms with van der Waals surface area (Å²) in [6, 6.07) is 16.3. The molecular formula is C27H32N2O5. The molecule has 7 nitrogen and oxygen atoms in total. The summed E-state index contributed by atoms with van der Waals surface area (Å²) in [7, 11) is 0. The number of benzene rings is 2. The normalized spacial score (nSPS) is 20.2. The van der Waals surface area contributed by atoms with Crippen LogP contribution in [0.3, 0.4) is 0 Å². The molecule has 2 aliphatic rings. The highest BCUT2D eigenvalue weighted by Gasteiger charge is 2.33. The van der Waals surface area contributed by atoms with Crippen molar-refractivity contribution in [1.29, 1.82) is 0 Å². The molecule has 34 heavy (non-hydrogen) atoms.